The zero-order chi connectivity index (χ0) is 12.6. The van der Waals surface area contributed by atoms with Crippen LogP contribution in [0, 0.1) is 0 Å². The minimum atomic E-state index is 0.649. The predicted octanol–water partition coefficient (Wildman–Crippen LogP) is 1.80. The molecule has 100 valence electrons. The third-order valence-electron chi connectivity index (χ3n) is 3.25. The number of nitrogens with zero attached hydrogens (tertiary/aromatic N) is 2. The molecule has 1 aliphatic rings. The number of ether oxygens (including phenoxy) is 1. The van der Waals surface area contributed by atoms with E-state index in [1.807, 2.05) is 12.3 Å². The number of hydrogen-bond donors (Lipinski definition) is 1. The quantitative estimate of drug-likeness (QED) is 0.781. The molecule has 0 aromatic carbocycles. The van der Waals surface area contributed by atoms with E-state index in [2.05, 4.69) is 16.0 Å². The van der Waals surface area contributed by atoms with Crippen LogP contribution >= 0.6 is 0 Å². The summed E-state index contributed by atoms with van der Waals surface area (Å²) in [6.07, 6.45) is 6.73. The lowest BCUT2D eigenvalue weighted by molar-refractivity contribution is 0.220. The van der Waals surface area contributed by atoms with E-state index in [4.69, 9.17) is 10.5 Å². The molecule has 0 aliphatic carbocycles. The van der Waals surface area contributed by atoms with Crippen molar-refractivity contribution in [1.82, 2.24) is 9.88 Å². The van der Waals surface area contributed by atoms with Crippen LogP contribution in [0.5, 0.6) is 5.88 Å². The summed E-state index contributed by atoms with van der Waals surface area (Å²) < 4.78 is 5.57. The second-order valence-corrected chi connectivity index (χ2v) is 4.83. The zero-order valence-electron chi connectivity index (χ0n) is 11.0. The fraction of sp³-hybridized carbons (Fsp3) is 0.643. The molecule has 1 aromatic heterocycles. The van der Waals surface area contributed by atoms with Gasteiger partial charge in [0, 0.05) is 18.8 Å². The maximum absolute atomic E-state index is 5.57. The van der Waals surface area contributed by atoms with Crippen LogP contribution < -0.4 is 10.5 Å². The molecule has 1 aliphatic heterocycles. The van der Waals surface area contributed by atoms with E-state index in [1.54, 1.807) is 0 Å². The molecule has 0 bridgehead atoms. The van der Waals surface area contributed by atoms with Gasteiger partial charge >= 0.3 is 0 Å². The lowest BCUT2D eigenvalue weighted by Gasteiger charge is -2.26. The Balaban J connectivity index is 1.85. The molecule has 4 heteroatoms. The number of likely N-dealkylation sites (tertiary alicyclic amines) is 1. The third-order valence-corrected chi connectivity index (χ3v) is 3.25. The third kappa shape index (κ3) is 4.27. The van der Waals surface area contributed by atoms with Crippen LogP contribution in [0.3, 0.4) is 0 Å². The first kappa shape index (κ1) is 13.3. The van der Waals surface area contributed by atoms with Crippen LogP contribution in [0.4, 0.5) is 0 Å². The summed E-state index contributed by atoms with van der Waals surface area (Å²) in [7, 11) is 0. The minimum absolute atomic E-state index is 0.649. The Morgan fingerprint density at radius 3 is 2.89 bits per heavy atom. The maximum atomic E-state index is 5.57. The molecule has 2 N–H and O–H groups in total. The number of nitrogens with two attached hydrogens (primary N) is 1. The highest BCUT2D eigenvalue weighted by molar-refractivity contribution is 5.20. The summed E-state index contributed by atoms with van der Waals surface area (Å²) in [6, 6.07) is 4.12. The van der Waals surface area contributed by atoms with Crippen LogP contribution in [0.2, 0.25) is 0 Å². The van der Waals surface area contributed by atoms with Gasteiger partial charge in [0.25, 0.3) is 0 Å². The standard InChI is InChI=1S/C14H23N3O/c15-6-4-10-18-14-11-13(5-7-16-14)12-17-8-2-1-3-9-17/h5,7,11H,1-4,6,8-10,12,15H2. The predicted molar refractivity (Wildman–Crippen MR) is 72.5 cm³/mol. The number of pyridine rings is 1. The molecule has 2 heterocycles. The normalized spacial score (nSPS) is 16.7. The molecule has 0 spiro atoms. The smallest absolute Gasteiger partial charge is 0.213 e. The molecule has 0 radical (unpaired) electrons. The van der Waals surface area contributed by atoms with Gasteiger partial charge in [0.2, 0.25) is 5.88 Å². The molecule has 18 heavy (non-hydrogen) atoms. The number of aromatic nitrogens is 1. The average Bonchev–Trinajstić information content (AvgIpc) is 2.41. The first-order valence-corrected chi connectivity index (χ1v) is 6.88. The van der Waals surface area contributed by atoms with Crippen molar-refractivity contribution < 1.29 is 4.74 Å². The van der Waals surface area contributed by atoms with Crippen LogP contribution in [0.25, 0.3) is 0 Å². The lowest BCUT2D eigenvalue weighted by atomic mass is 10.1. The van der Waals surface area contributed by atoms with Crippen molar-refractivity contribution in [2.75, 3.05) is 26.2 Å². The molecule has 0 amide bonds. The molecule has 1 saturated heterocycles. The summed E-state index contributed by atoms with van der Waals surface area (Å²) in [5.74, 6) is 0.720. The summed E-state index contributed by atoms with van der Waals surface area (Å²) in [4.78, 5) is 6.73. The topological polar surface area (TPSA) is 51.4 Å². The van der Waals surface area contributed by atoms with Crippen molar-refractivity contribution in [2.45, 2.75) is 32.2 Å². The van der Waals surface area contributed by atoms with Gasteiger partial charge in [-0.15, -0.1) is 0 Å². The van der Waals surface area contributed by atoms with Crippen LogP contribution in [0.15, 0.2) is 18.3 Å². The molecule has 4 nitrogen and oxygen atoms in total. The van der Waals surface area contributed by atoms with Crippen molar-refractivity contribution in [3.05, 3.63) is 23.9 Å². The maximum Gasteiger partial charge on any atom is 0.213 e. The highest BCUT2D eigenvalue weighted by Crippen LogP contribution is 2.15. The van der Waals surface area contributed by atoms with Gasteiger partial charge in [0.1, 0.15) is 0 Å². The van der Waals surface area contributed by atoms with E-state index < -0.39 is 0 Å². The number of piperidine rings is 1. The van der Waals surface area contributed by atoms with Crippen LogP contribution in [-0.2, 0) is 6.54 Å². The molecule has 0 atom stereocenters. The summed E-state index contributed by atoms with van der Waals surface area (Å²) in [5.41, 5.74) is 6.73. The fourth-order valence-corrected chi connectivity index (χ4v) is 2.26. The van der Waals surface area contributed by atoms with Gasteiger partial charge in [-0.2, -0.15) is 0 Å². The van der Waals surface area contributed by atoms with Gasteiger partial charge < -0.3 is 10.5 Å². The Bertz CT molecular complexity index is 351. The van der Waals surface area contributed by atoms with Crippen LogP contribution in [-0.4, -0.2) is 36.1 Å². The molecule has 1 aromatic rings. The van der Waals surface area contributed by atoms with Crippen molar-refractivity contribution in [3.8, 4) is 5.88 Å². The lowest BCUT2D eigenvalue weighted by Crippen LogP contribution is -2.29. The number of hydrogen-bond acceptors (Lipinski definition) is 4. The average molecular weight is 249 g/mol. The first-order valence-electron chi connectivity index (χ1n) is 6.88. The van der Waals surface area contributed by atoms with Gasteiger partial charge in [-0.1, -0.05) is 6.42 Å². The molecule has 2 rings (SSSR count). The first-order chi connectivity index (χ1) is 8.88. The van der Waals surface area contributed by atoms with Crippen LogP contribution in [0.1, 0.15) is 31.2 Å². The van der Waals surface area contributed by atoms with E-state index in [9.17, 15) is 0 Å². The van der Waals surface area contributed by atoms with Gasteiger partial charge in [0.05, 0.1) is 6.61 Å². The van der Waals surface area contributed by atoms with Crippen molar-refractivity contribution in [1.29, 1.82) is 0 Å². The Labute approximate surface area is 109 Å². The Morgan fingerprint density at radius 1 is 1.28 bits per heavy atom. The van der Waals surface area contributed by atoms with Gasteiger partial charge in [-0.3, -0.25) is 4.90 Å². The van der Waals surface area contributed by atoms with Gasteiger partial charge in [-0.05, 0) is 50.5 Å². The Morgan fingerprint density at radius 2 is 2.11 bits per heavy atom. The van der Waals surface area contributed by atoms with Gasteiger partial charge in [0.15, 0.2) is 0 Å². The fourth-order valence-electron chi connectivity index (χ4n) is 2.26. The van der Waals surface area contributed by atoms with Crippen molar-refractivity contribution >= 4 is 0 Å². The molecule has 0 unspecified atom stereocenters. The second-order valence-electron chi connectivity index (χ2n) is 4.83. The Hall–Kier alpha value is -1.13. The summed E-state index contributed by atoms with van der Waals surface area (Å²) in [6.45, 7) is 4.75. The number of rotatable bonds is 6. The summed E-state index contributed by atoms with van der Waals surface area (Å²) >= 11 is 0. The second kappa shape index (κ2) is 7.34. The largest absolute Gasteiger partial charge is 0.478 e. The zero-order valence-corrected chi connectivity index (χ0v) is 11.0. The van der Waals surface area contributed by atoms with E-state index in [0.717, 1.165) is 18.8 Å². The molecule has 0 saturated carbocycles. The molecule has 1 fully saturated rings. The van der Waals surface area contributed by atoms with Crippen molar-refractivity contribution in [3.63, 3.8) is 0 Å². The Kier molecular flexibility index (Phi) is 5.42. The van der Waals surface area contributed by atoms with E-state index in [-0.39, 0.29) is 0 Å². The van der Waals surface area contributed by atoms with Crippen molar-refractivity contribution in [2.24, 2.45) is 5.73 Å². The minimum Gasteiger partial charge on any atom is -0.478 e. The molecular formula is C14H23N3O. The highest BCUT2D eigenvalue weighted by atomic mass is 16.5. The SMILES string of the molecule is NCCCOc1cc(CN2CCCCC2)ccn1. The van der Waals surface area contributed by atoms with E-state index in [1.165, 1.54) is 37.9 Å². The molecular weight excluding hydrogens is 226 g/mol. The highest BCUT2D eigenvalue weighted by Gasteiger charge is 2.10. The van der Waals surface area contributed by atoms with E-state index in [0.29, 0.717) is 13.2 Å². The monoisotopic (exact) mass is 249 g/mol. The van der Waals surface area contributed by atoms with E-state index >= 15 is 0 Å². The van der Waals surface area contributed by atoms with Gasteiger partial charge in [-0.25, -0.2) is 4.98 Å². The summed E-state index contributed by atoms with van der Waals surface area (Å²) in [5, 5.41) is 0.